The number of nitrogens with one attached hydrogen (secondary N) is 1. The molecule has 2 N–H and O–H groups in total. The maximum Gasteiger partial charge on any atom is 0.264 e. The van der Waals surface area contributed by atoms with Crippen LogP contribution in [0.5, 0.6) is 11.6 Å². The molecule has 0 fully saturated rings. The van der Waals surface area contributed by atoms with Crippen LogP contribution >= 0.6 is 12.2 Å². The Morgan fingerprint density at radius 3 is 2.52 bits per heavy atom. The molecule has 0 bridgehead atoms. The minimum absolute atomic E-state index is 0.0748. The Kier molecular flexibility index (Phi) is 5.76. The molecule has 8 heteroatoms. The summed E-state index contributed by atoms with van der Waals surface area (Å²) < 4.78 is 7.38. The van der Waals surface area contributed by atoms with Crippen molar-refractivity contribution in [3.63, 3.8) is 0 Å². The van der Waals surface area contributed by atoms with E-state index < -0.39 is 5.56 Å². The molecule has 134 valence electrons. The van der Waals surface area contributed by atoms with Crippen LogP contribution in [0.15, 0.2) is 34.1 Å². The molecule has 1 heterocycles. The fourth-order valence-corrected chi connectivity index (χ4v) is 2.42. The molecule has 0 unspecified atom stereocenters. The monoisotopic (exact) mass is 363 g/mol. The number of rotatable bonds is 6. The molecule has 1 aromatic heterocycles. The number of hydrogen-bond acceptors (Lipinski definition) is 5. The van der Waals surface area contributed by atoms with Crippen molar-refractivity contribution in [1.29, 1.82) is 0 Å². The van der Waals surface area contributed by atoms with Crippen LogP contribution in [-0.4, -0.2) is 66.7 Å². The molecular formula is C17H23N4O3S+. The average molecular weight is 363 g/mol. The molecule has 0 amide bonds. The Morgan fingerprint density at radius 2 is 1.96 bits per heavy atom. The SMILES string of the molecule is COc1ccc(-n2c(O)c(C=NCC[N+](C)(C)C)c(=O)[nH]c2=S)cc1. The van der Waals surface area contributed by atoms with Crippen molar-refractivity contribution in [2.45, 2.75) is 0 Å². The second kappa shape index (κ2) is 7.62. The summed E-state index contributed by atoms with van der Waals surface area (Å²) >= 11 is 5.18. The van der Waals surface area contributed by atoms with E-state index in [1.165, 1.54) is 10.8 Å². The van der Waals surface area contributed by atoms with Crippen molar-refractivity contribution in [2.75, 3.05) is 41.3 Å². The highest BCUT2D eigenvalue weighted by atomic mass is 32.1. The van der Waals surface area contributed by atoms with Crippen LogP contribution < -0.4 is 10.3 Å². The van der Waals surface area contributed by atoms with E-state index in [4.69, 9.17) is 17.0 Å². The highest BCUT2D eigenvalue weighted by Crippen LogP contribution is 2.21. The van der Waals surface area contributed by atoms with E-state index in [-0.39, 0.29) is 16.2 Å². The van der Waals surface area contributed by atoms with Gasteiger partial charge in [0.15, 0.2) is 4.77 Å². The average Bonchev–Trinajstić information content (AvgIpc) is 2.53. The van der Waals surface area contributed by atoms with Gasteiger partial charge in [0.1, 0.15) is 11.3 Å². The summed E-state index contributed by atoms with van der Waals surface area (Å²) in [6.07, 6.45) is 1.39. The van der Waals surface area contributed by atoms with Crippen LogP contribution in [0.1, 0.15) is 5.56 Å². The summed E-state index contributed by atoms with van der Waals surface area (Å²) in [4.78, 5) is 18.9. The molecule has 0 saturated carbocycles. The van der Waals surface area contributed by atoms with Gasteiger partial charge >= 0.3 is 0 Å². The van der Waals surface area contributed by atoms with E-state index >= 15 is 0 Å². The summed E-state index contributed by atoms with van der Waals surface area (Å²) in [5.41, 5.74) is 0.215. The van der Waals surface area contributed by atoms with E-state index in [2.05, 4.69) is 31.1 Å². The number of aromatic hydroxyl groups is 1. The minimum Gasteiger partial charge on any atom is -0.497 e. The third kappa shape index (κ3) is 4.77. The minimum atomic E-state index is -0.471. The standard InChI is InChI=1S/C17H22N4O3S/c1-21(2,3)10-9-18-11-14-15(22)19-17(25)20(16(14)23)12-5-7-13(24-4)8-6-12/h5-8,11H,9-10H2,1-4H3,(H-,18,19,22,23,25)/p+1. The van der Waals surface area contributed by atoms with E-state index in [1.807, 2.05) is 0 Å². The molecule has 0 aliphatic heterocycles. The molecule has 25 heavy (non-hydrogen) atoms. The van der Waals surface area contributed by atoms with E-state index in [0.717, 1.165) is 11.0 Å². The molecule has 2 aromatic rings. The second-order valence-electron chi connectivity index (χ2n) is 6.58. The Morgan fingerprint density at radius 1 is 1.32 bits per heavy atom. The fraction of sp³-hybridized carbons (Fsp3) is 0.353. The van der Waals surface area contributed by atoms with Crippen LogP contribution in [0.25, 0.3) is 5.69 Å². The third-order valence-corrected chi connectivity index (χ3v) is 3.86. The lowest BCUT2D eigenvalue weighted by molar-refractivity contribution is -0.868. The van der Waals surface area contributed by atoms with Crippen LogP contribution in [0.3, 0.4) is 0 Å². The van der Waals surface area contributed by atoms with Crippen LogP contribution in [0.2, 0.25) is 0 Å². The van der Waals surface area contributed by atoms with Gasteiger partial charge in [-0.3, -0.25) is 19.3 Å². The van der Waals surface area contributed by atoms with Gasteiger partial charge in [-0.2, -0.15) is 0 Å². The van der Waals surface area contributed by atoms with Gasteiger partial charge in [0.25, 0.3) is 5.56 Å². The zero-order valence-corrected chi connectivity index (χ0v) is 15.6. The number of aromatic nitrogens is 2. The number of ether oxygens (including phenoxy) is 1. The first-order chi connectivity index (χ1) is 11.7. The highest BCUT2D eigenvalue weighted by Gasteiger charge is 2.13. The molecule has 2 rings (SSSR count). The number of quaternary nitrogens is 1. The molecule has 7 nitrogen and oxygen atoms in total. The van der Waals surface area contributed by atoms with Crippen LogP contribution in [-0.2, 0) is 0 Å². The topological polar surface area (TPSA) is 79.6 Å². The van der Waals surface area contributed by atoms with Gasteiger partial charge in [-0.15, -0.1) is 0 Å². The Balaban J connectivity index is 2.40. The zero-order chi connectivity index (χ0) is 18.6. The maximum atomic E-state index is 12.1. The number of benzene rings is 1. The first-order valence-electron chi connectivity index (χ1n) is 7.76. The highest BCUT2D eigenvalue weighted by molar-refractivity contribution is 7.71. The van der Waals surface area contributed by atoms with Gasteiger partial charge in [-0.05, 0) is 36.5 Å². The second-order valence-corrected chi connectivity index (χ2v) is 6.97. The van der Waals surface area contributed by atoms with Gasteiger partial charge in [-0.1, -0.05) is 0 Å². The fourth-order valence-electron chi connectivity index (χ4n) is 2.14. The Bertz CT molecular complexity index is 877. The van der Waals surface area contributed by atoms with E-state index in [0.29, 0.717) is 18.0 Å². The number of hydrogen-bond donors (Lipinski definition) is 2. The molecule has 0 radical (unpaired) electrons. The van der Waals surface area contributed by atoms with Crippen molar-refractivity contribution >= 4 is 18.4 Å². The maximum absolute atomic E-state index is 12.1. The third-order valence-electron chi connectivity index (χ3n) is 3.57. The van der Waals surface area contributed by atoms with Gasteiger partial charge in [0.05, 0.1) is 47.0 Å². The first-order valence-corrected chi connectivity index (χ1v) is 8.17. The summed E-state index contributed by atoms with van der Waals surface area (Å²) in [5.74, 6) is 0.439. The lowest BCUT2D eigenvalue weighted by Crippen LogP contribution is -2.36. The molecule has 0 atom stereocenters. The normalized spacial score (nSPS) is 11.8. The molecule has 0 aliphatic rings. The lowest BCUT2D eigenvalue weighted by atomic mass is 10.2. The number of likely N-dealkylation sites (N-methyl/N-ethyl adjacent to an activating group) is 1. The number of H-pyrrole nitrogens is 1. The van der Waals surface area contributed by atoms with Crippen molar-refractivity contribution in [3.05, 3.63) is 45.0 Å². The smallest absolute Gasteiger partial charge is 0.264 e. The summed E-state index contributed by atoms with van der Waals surface area (Å²) in [6.45, 7) is 1.35. The number of methoxy groups -OCH3 is 1. The predicted molar refractivity (Wildman–Crippen MR) is 101 cm³/mol. The number of aromatic amines is 1. The van der Waals surface area contributed by atoms with Crippen molar-refractivity contribution in [1.82, 2.24) is 9.55 Å². The zero-order valence-electron chi connectivity index (χ0n) is 14.8. The van der Waals surface area contributed by atoms with Gasteiger partial charge < -0.3 is 14.3 Å². The van der Waals surface area contributed by atoms with Crippen molar-refractivity contribution in [3.8, 4) is 17.3 Å². The van der Waals surface area contributed by atoms with Gasteiger partial charge in [0.2, 0.25) is 5.88 Å². The predicted octanol–water partition coefficient (Wildman–Crippen LogP) is 1.73. The quantitative estimate of drug-likeness (QED) is 0.465. The molecule has 0 aliphatic carbocycles. The largest absolute Gasteiger partial charge is 0.497 e. The van der Waals surface area contributed by atoms with Crippen molar-refractivity contribution < 1.29 is 14.3 Å². The van der Waals surface area contributed by atoms with Crippen LogP contribution in [0, 0.1) is 4.77 Å². The molecule has 1 aromatic carbocycles. The molecule has 0 saturated heterocycles. The van der Waals surface area contributed by atoms with E-state index in [9.17, 15) is 9.90 Å². The van der Waals surface area contributed by atoms with Crippen molar-refractivity contribution in [2.24, 2.45) is 4.99 Å². The Labute approximate surface area is 151 Å². The molecule has 0 spiro atoms. The Hall–Kier alpha value is -2.45. The first kappa shape index (κ1) is 18.9. The van der Waals surface area contributed by atoms with Crippen LogP contribution in [0.4, 0.5) is 0 Å². The number of nitrogens with zero attached hydrogens (tertiary/aromatic N) is 3. The van der Waals surface area contributed by atoms with Gasteiger partial charge in [0, 0.05) is 6.21 Å². The summed E-state index contributed by atoms with van der Waals surface area (Å²) in [6, 6.07) is 6.97. The molecular weight excluding hydrogens is 340 g/mol. The number of aliphatic imine (C=N–C) groups is 1. The van der Waals surface area contributed by atoms with Gasteiger partial charge in [-0.25, -0.2) is 0 Å². The van der Waals surface area contributed by atoms with E-state index in [1.54, 1.807) is 31.4 Å². The summed E-state index contributed by atoms with van der Waals surface area (Å²) in [5, 5.41) is 10.5. The summed E-state index contributed by atoms with van der Waals surface area (Å²) in [7, 11) is 7.75. The lowest BCUT2D eigenvalue weighted by Gasteiger charge is -2.22.